The van der Waals surface area contributed by atoms with E-state index >= 15 is 0 Å². The fourth-order valence-corrected chi connectivity index (χ4v) is 1.38. The van der Waals surface area contributed by atoms with Crippen molar-refractivity contribution in [2.24, 2.45) is 0 Å². The van der Waals surface area contributed by atoms with Gasteiger partial charge in [-0.2, -0.15) is 0 Å². The summed E-state index contributed by atoms with van der Waals surface area (Å²) in [7, 11) is 0. The standard InChI is InChI=1S/C12H18N2O3/c15-7-11(16)8-17-12-4-3-10(14-6-12)5-13-9-1-2-9/h3-4,6,9,11,13,15-16H,1-2,5,7-8H2. The third-order valence-electron chi connectivity index (χ3n) is 2.60. The van der Waals surface area contributed by atoms with Crippen molar-refractivity contribution in [2.45, 2.75) is 31.5 Å². The minimum absolute atomic E-state index is 0.0812. The predicted molar refractivity (Wildman–Crippen MR) is 62.7 cm³/mol. The van der Waals surface area contributed by atoms with Crippen molar-refractivity contribution >= 4 is 0 Å². The van der Waals surface area contributed by atoms with Gasteiger partial charge in [-0.25, -0.2) is 0 Å². The molecule has 0 amide bonds. The summed E-state index contributed by atoms with van der Waals surface area (Å²) >= 11 is 0. The SMILES string of the molecule is OCC(O)COc1ccc(CNC2CC2)nc1. The molecular weight excluding hydrogens is 220 g/mol. The fourth-order valence-electron chi connectivity index (χ4n) is 1.38. The first-order valence-corrected chi connectivity index (χ1v) is 5.88. The molecule has 1 aromatic heterocycles. The zero-order chi connectivity index (χ0) is 12.1. The molecule has 0 saturated heterocycles. The molecule has 17 heavy (non-hydrogen) atoms. The summed E-state index contributed by atoms with van der Waals surface area (Å²) in [4.78, 5) is 4.25. The monoisotopic (exact) mass is 238 g/mol. The highest BCUT2D eigenvalue weighted by atomic mass is 16.5. The van der Waals surface area contributed by atoms with Crippen LogP contribution >= 0.6 is 0 Å². The molecule has 1 aliphatic carbocycles. The summed E-state index contributed by atoms with van der Waals surface area (Å²) in [5, 5.41) is 21.1. The van der Waals surface area contributed by atoms with E-state index in [4.69, 9.17) is 14.9 Å². The fraction of sp³-hybridized carbons (Fsp3) is 0.583. The molecule has 1 atom stereocenters. The molecule has 3 N–H and O–H groups in total. The van der Waals surface area contributed by atoms with Gasteiger partial charge < -0.3 is 20.3 Å². The first-order valence-electron chi connectivity index (χ1n) is 5.88. The van der Waals surface area contributed by atoms with Crippen molar-refractivity contribution in [3.8, 4) is 5.75 Å². The van der Waals surface area contributed by atoms with E-state index in [2.05, 4.69) is 10.3 Å². The molecule has 1 fully saturated rings. The quantitative estimate of drug-likeness (QED) is 0.626. The van der Waals surface area contributed by atoms with E-state index in [-0.39, 0.29) is 13.2 Å². The third kappa shape index (κ3) is 4.30. The Kier molecular flexibility index (Phi) is 4.30. The van der Waals surface area contributed by atoms with Crippen molar-refractivity contribution in [3.05, 3.63) is 24.0 Å². The number of rotatable bonds is 7. The van der Waals surface area contributed by atoms with E-state index in [1.165, 1.54) is 12.8 Å². The number of hydrogen-bond acceptors (Lipinski definition) is 5. The maximum absolute atomic E-state index is 9.12. The Hall–Kier alpha value is -1.17. The Bertz CT molecular complexity index is 338. The van der Waals surface area contributed by atoms with Gasteiger partial charge in [0.2, 0.25) is 0 Å². The molecule has 0 bridgehead atoms. The lowest BCUT2D eigenvalue weighted by Crippen LogP contribution is -2.21. The smallest absolute Gasteiger partial charge is 0.137 e. The van der Waals surface area contributed by atoms with Gasteiger partial charge in [0.05, 0.1) is 18.5 Å². The molecule has 5 heteroatoms. The number of aliphatic hydroxyl groups is 2. The van der Waals surface area contributed by atoms with Crippen molar-refractivity contribution in [3.63, 3.8) is 0 Å². The van der Waals surface area contributed by atoms with Gasteiger partial charge in [0.25, 0.3) is 0 Å². The highest BCUT2D eigenvalue weighted by molar-refractivity contribution is 5.20. The van der Waals surface area contributed by atoms with Crippen molar-refractivity contribution in [1.29, 1.82) is 0 Å². The Labute approximate surface area is 100 Å². The first kappa shape index (κ1) is 12.3. The lowest BCUT2D eigenvalue weighted by Gasteiger charge is -2.09. The Morgan fingerprint density at radius 1 is 1.47 bits per heavy atom. The Morgan fingerprint density at radius 3 is 2.88 bits per heavy atom. The summed E-state index contributed by atoms with van der Waals surface area (Å²) in [5.41, 5.74) is 0.979. The van der Waals surface area contributed by atoms with E-state index in [9.17, 15) is 0 Å². The summed E-state index contributed by atoms with van der Waals surface area (Å²) < 4.78 is 5.26. The molecule has 0 spiro atoms. The summed E-state index contributed by atoms with van der Waals surface area (Å²) in [6.45, 7) is 0.568. The number of ether oxygens (including phenoxy) is 1. The van der Waals surface area contributed by atoms with Crippen LogP contribution in [-0.2, 0) is 6.54 Å². The van der Waals surface area contributed by atoms with Crippen LogP contribution in [0.3, 0.4) is 0 Å². The van der Waals surface area contributed by atoms with Crippen LogP contribution in [0, 0.1) is 0 Å². The van der Waals surface area contributed by atoms with Gasteiger partial charge in [0.15, 0.2) is 0 Å². The lowest BCUT2D eigenvalue weighted by molar-refractivity contribution is 0.0535. The van der Waals surface area contributed by atoms with Crippen LogP contribution in [0.4, 0.5) is 0 Å². The summed E-state index contributed by atoms with van der Waals surface area (Å²) in [6.07, 6.45) is 3.32. The Balaban J connectivity index is 1.75. The van der Waals surface area contributed by atoms with Crippen LogP contribution in [0.25, 0.3) is 0 Å². The van der Waals surface area contributed by atoms with E-state index in [1.807, 2.05) is 12.1 Å². The van der Waals surface area contributed by atoms with Crippen molar-refractivity contribution in [2.75, 3.05) is 13.2 Å². The number of aliphatic hydroxyl groups excluding tert-OH is 2. The second kappa shape index (κ2) is 5.95. The molecular formula is C12H18N2O3. The van der Waals surface area contributed by atoms with Gasteiger partial charge in [-0.15, -0.1) is 0 Å². The number of hydrogen-bond donors (Lipinski definition) is 3. The van der Waals surface area contributed by atoms with E-state index in [1.54, 1.807) is 6.20 Å². The molecule has 94 valence electrons. The second-order valence-corrected chi connectivity index (χ2v) is 4.29. The topological polar surface area (TPSA) is 74.6 Å². The van der Waals surface area contributed by atoms with Crippen molar-refractivity contribution in [1.82, 2.24) is 10.3 Å². The van der Waals surface area contributed by atoms with Crippen LogP contribution in [-0.4, -0.2) is 40.6 Å². The predicted octanol–water partition coefficient (Wildman–Crippen LogP) is 0.0656. The van der Waals surface area contributed by atoms with Crippen LogP contribution in [0.15, 0.2) is 18.3 Å². The normalized spacial score (nSPS) is 16.8. The highest BCUT2D eigenvalue weighted by Gasteiger charge is 2.20. The maximum Gasteiger partial charge on any atom is 0.137 e. The van der Waals surface area contributed by atoms with Gasteiger partial charge in [-0.3, -0.25) is 4.98 Å². The van der Waals surface area contributed by atoms with Gasteiger partial charge >= 0.3 is 0 Å². The molecule has 5 nitrogen and oxygen atoms in total. The van der Waals surface area contributed by atoms with Gasteiger partial charge in [-0.05, 0) is 25.0 Å². The number of pyridine rings is 1. The second-order valence-electron chi connectivity index (χ2n) is 4.29. The van der Waals surface area contributed by atoms with E-state index in [0.29, 0.717) is 11.8 Å². The number of aromatic nitrogens is 1. The summed E-state index contributed by atoms with van der Waals surface area (Å²) in [6, 6.07) is 4.39. The maximum atomic E-state index is 9.12. The van der Waals surface area contributed by atoms with E-state index in [0.717, 1.165) is 12.2 Å². The average molecular weight is 238 g/mol. The first-order chi connectivity index (χ1) is 8.28. The van der Waals surface area contributed by atoms with E-state index < -0.39 is 6.10 Å². The zero-order valence-electron chi connectivity index (χ0n) is 9.67. The summed E-state index contributed by atoms with van der Waals surface area (Å²) in [5.74, 6) is 0.604. The highest BCUT2D eigenvalue weighted by Crippen LogP contribution is 2.19. The van der Waals surface area contributed by atoms with Crippen LogP contribution in [0.5, 0.6) is 5.75 Å². The van der Waals surface area contributed by atoms with Gasteiger partial charge in [0.1, 0.15) is 18.5 Å². The molecule has 1 heterocycles. The number of nitrogens with zero attached hydrogens (tertiary/aromatic N) is 1. The largest absolute Gasteiger partial charge is 0.489 e. The van der Waals surface area contributed by atoms with Crippen molar-refractivity contribution < 1.29 is 14.9 Å². The average Bonchev–Trinajstić information content (AvgIpc) is 3.18. The molecule has 1 aromatic rings. The van der Waals surface area contributed by atoms with Gasteiger partial charge in [-0.1, -0.05) is 0 Å². The molecule has 0 radical (unpaired) electrons. The molecule has 1 unspecified atom stereocenters. The van der Waals surface area contributed by atoms with Crippen LogP contribution in [0.2, 0.25) is 0 Å². The Morgan fingerprint density at radius 2 is 2.29 bits per heavy atom. The third-order valence-corrected chi connectivity index (χ3v) is 2.60. The lowest BCUT2D eigenvalue weighted by atomic mass is 10.3. The molecule has 2 rings (SSSR count). The number of nitrogens with one attached hydrogen (secondary N) is 1. The minimum Gasteiger partial charge on any atom is -0.489 e. The van der Waals surface area contributed by atoms with Crippen LogP contribution < -0.4 is 10.1 Å². The molecule has 1 saturated carbocycles. The molecule has 0 aromatic carbocycles. The zero-order valence-corrected chi connectivity index (χ0v) is 9.67. The molecule has 0 aliphatic heterocycles. The van der Waals surface area contributed by atoms with Crippen LogP contribution in [0.1, 0.15) is 18.5 Å². The van der Waals surface area contributed by atoms with Gasteiger partial charge in [0, 0.05) is 12.6 Å². The minimum atomic E-state index is -0.841. The molecule has 1 aliphatic rings.